The second kappa shape index (κ2) is 7.37. The summed E-state index contributed by atoms with van der Waals surface area (Å²) in [4.78, 5) is 26.9. The number of hydrogen-bond acceptors (Lipinski definition) is 4. The number of likely N-dealkylation sites (tertiary alicyclic amines) is 1. The molecule has 0 saturated carbocycles. The van der Waals surface area contributed by atoms with Crippen molar-refractivity contribution in [2.75, 3.05) is 13.1 Å². The van der Waals surface area contributed by atoms with Gasteiger partial charge in [-0.05, 0) is 44.7 Å². The molecule has 7 heteroatoms. The zero-order chi connectivity index (χ0) is 18.8. The second-order valence-electron chi connectivity index (χ2n) is 6.87. The summed E-state index contributed by atoms with van der Waals surface area (Å²) in [6.07, 6.45) is 1.80. The molecule has 1 aromatic heterocycles. The number of halogens is 1. The minimum atomic E-state index is -0.472. The topological polar surface area (TPSA) is 81.2 Å². The van der Waals surface area contributed by atoms with E-state index in [9.17, 15) is 14.0 Å². The van der Waals surface area contributed by atoms with Crippen LogP contribution in [-0.2, 0) is 0 Å². The summed E-state index contributed by atoms with van der Waals surface area (Å²) < 4.78 is 15.4. The molecule has 3 rings (SSSR count). The third kappa shape index (κ3) is 3.53. The van der Waals surface area contributed by atoms with Gasteiger partial charge in [-0.3, -0.25) is 9.59 Å². The highest BCUT2D eigenvalue weighted by Crippen LogP contribution is 2.20. The number of piperidine rings is 1. The zero-order valence-corrected chi connectivity index (χ0v) is 15.0. The number of carbonyl (C=O) groups is 1. The van der Waals surface area contributed by atoms with Crippen molar-refractivity contribution in [1.82, 2.24) is 14.7 Å². The van der Waals surface area contributed by atoms with E-state index in [-0.39, 0.29) is 23.3 Å². The normalized spacial score (nSPS) is 18.6. The molecule has 1 aliphatic rings. The minimum Gasteiger partial charge on any atom is -0.337 e. The number of nitrogens with zero attached hydrogens (tertiary/aromatic N) is 3. The molecule has 2 aromatic rings. The van der Waals surface area contributed by atoms with Crippen molar-refractivity contribution < 1.29 is 9.18 Å². The molecular weight excluding hydrogens is 335 g/mol. The molecule has 1 aromatic carbocycles. The molecular formula is C19H23FN4O2. The van der Waals surface area contributed by atoms with Gasteiger partial charge in [0.15, 0.2) is 5.69 Å². The fourth-order valence-corrected chi connectivity index (χ4v) is 3.34. The molecule has 26 heavy (non-hydrogen) atoms. The number of rotatable bonds is 3. The van der Waals surface area contributed by atoms with Crippen LogP contribution in [0.5, 0.6) is 0 Å². The maximum absolute atomic E-state index is 14.1. The maximum atomic E-state index is 14.1. The van der Waals surface area contributed by atoms with E-state index in [0.717, 1.165) is 12.8 Å². The van der Waals surface area contributed by atoms with Crippen LogP contribution >= 0.6 is 0 Å². The van der Waals surface area contributed by atoms with Crippen LogP contribution < -0.4 is 11.2 Å². The van der Waals surface area contributed by atoms with Crippen LogP contribution in [0.4, 0.5) is 4.39 Å². The molecule has 138 valence electrons. The lowest BCUT2D eigenvalue weighted by atomic mass is 9.92. The Hall–Kier alpha value is -2.54. The van der Waals surface area contributed by atoms with Crippen molar-refractivity contribution in [1.29, 1.82) is 0 Å². The largest absolute Gasteiger partial charge is 0.337 e. The number of carbonyl (C=O) groups excluding carboxylic acids is 1. The van der Waals surface area contributed by atoms with E-state index in [2.05, 4.69) is 5.10 Å². The number of aromatic nitrogens is 2. The summed E-state index contributed by atoms with van der Waals surface area (Å²) in [6, 6.07) is 7.42. The lowest BCUT2D eigenvalue weighted by molar-refractivity contribution is 0.0651. The fourth-order valence-electron chi connectivity index (χ4n) is 3.34. The summed E-state index contributed by atoms with van der Waals surface area (Å²) in [6.45, 7) is 4.65. The Morgan fingerprint density at radius 3 is 2.81 bits per heavy atom. The Morgan fingerprint density at radius 2 is 2.12 bits per heavy atom. The van der Waals surface area contributed by atoms with Crippen molar-refractivity contribution >= 4 is 5.91 Å². The monoisotopic (exact) mass is 358 g/mol. The first-order valence-electron chi connectivity index (χ1n) is 8.79. The molecule has 1 fully saturated rings. The number of amides is 1. The van der Waals surface area contributed by atoms with Gasteiger partial charge in [-0.15, -0.1) is 0 Å². The Bertz CT molecular complexity index is 878. The van der Waals surface area contributed by atoms with E-state index in [1.165, 1.54) is 16.8 Å². The van der Waals surface area contributed by atoms with E-state index >= 15 is 0 Å². The van der Waals surface area contributed by atoms with Gasteiger partial charge in [-0.2, -0.15) is 5.10 Å². The van der Waals surface area contributed by atoms with Gasteiger partial charge in [0.2, 0.25) is 5.43 Å². The van der Waals surface area contributed by atoms with Gasteiger partial charge in [0, 0.05) is 30.9 Å². The van der Waals surface area contributed by atoms with Gasteiger partial charge >= 0.3 is 0 Å². The Balaban J connectivity index is 1.98. The number of hydrogen-bond donors (Lipinski definition) is 1. The average Bonchev–Trinajstić information content (AvgIpc) is 2.62. The minimum absolute atomic E-state index is 0.0216. The van der Waals surface area contributed by atoms with Crippen LogP contribution in [0.1, 0.15) is 35.9 Å². The summed E-state index contributed by atoms with van der Waals surface area (Å²) in [7, 11) is 0. The predicted octanol–water partition coefficient (Wildman–Crippen LogP) is 1.88. The fraction of sp³-hybridized carbons (Fsp3) is 0.421. The standard InChI is InChI=1S/C19H23FN4O2/c1-12-10-17(25)18(22-24(12)16-8-4-3-7-15(16)20)19(26)23-9-5-6-14(11-23)13(2)21/h3-4,7-8,10,13-14H,5-6,9,11,21H2,1-2H3. The molecule has 2 N–H and O–H groups in total. The Labute approximate surface area is 151 Å². The molecule has 0 bridgehead atoms. The highest BCUT2D eigenvalue weighted by molar-refractivity contribution is 5.92. The summed E-state index contributed by atoms with van der Waals surface area (Å²) in [5.74, 6) is -0.697. The van der Waals surface area contributed by atoms with Gasteiger partial charge in [-0.25, -0.2) is 9.07 Å². The third-order valence-electron chi connectivity index (χ3n) is 4.88. The predicted molar refractivity (Wildman–Crippen MR) is 96.8 cm³/mol. The first kappa shape index (κ1) is 18.3. The quantitative estimate of drug-likeness (QED) is 0.908. The maximum Gasteiger partial charge on any atom is 0.278 e. The Kier molecular flexibility index (Phi) is 5.18. The van der Waals surface area contributed by atoms with Crippen LogP contribution in [0.25, 0.3) is 5.69 Å². The van der Waals surface area contributed by atoms with E-state index in [1.54, 1.807) is 30.0 Å². The van der Waals surface area contributed by atoms with E-state index < -0.39 is 17.2 Å². The van der Waals surface area contributed by atoms with Crippen molar-refractivity contribution in [2.24, 2.45) is 11.7 Å². The van der Waals surface area contributed by atoms with Crippen molar-refractivity contribution in [3.63, 3.8) is 0 Å². The molecule has 6 nitrogen and oxygen atoms in total. The molecule has 0 spiro atoms. The first-order valence-corrected chi connectivity index (χ1v) is 8.79. The highest BCUT2D eigenvalue weighted by atomic mass is 19.1. The molecule has 2 atom stereocenters. The van der Waals surface area contributed by atoms with Gasteiger partial charge in [-0.1, -0.05) is 12.1 Å². The molecule has 0 radical (unpaired) electrons. The van der Waals surface area contributed by atoms with Crippen LogP contribution in [0, 0.1) is 18.7 Å². The summed E-state index contributed by atoms with van der Waals surface area (Å²) in [5, 5.41) is 4.19. The molecule has 1 saturated heterocycles. The molecule has 2 unspecified atom stereocenters. The smallest absolute Gasteiger partial charge is 0.278 e. The number of aryl methyl sites for hydroxylation is 1. The summed E-state index contributed by atoms with van der Waals surface area (Å²) in [5.41, 5.74) is 5.99. The van der Waals surface area contributed by atoms with Crippen LogP contribution in [0.3, 0.4) is 0 Å². The van der Waals surface area contributed by atoms with E-state index in [0.29, 0.717) is 18.8 Å². The van der Waals surface area contributed by atoms with Crippen molar-refractivity contribution in [3.05, 3.63) is 57.8 Å². The Morgan fingerprint density at radius 1 is 1.38 bits per heavy atom. The first-order chi connectivity index (χ1) is 12.4. The van der Waals surface area contributed by atoms with Gasteiger partial charge < -0.3 is 10.6 Å². The van der Waals surface area contributed by atoms with Crippen LogP contribution in [-0.4, -0.2) is 39.7 Å². The lowest BCUT2D eigenvalue weighted by Gasteiger charge is -2.34. The average molecular weight is 358 g/mol. The SMILES string of the molecule is Cc1cc(=O)c(C(=O)N2CCCC(C(C)N)C2)nn1-c1ccccc1F. The zero-order valence-electron chi connectivity index (χ0n) is 15.0. The summed E-state index contributed by atoms with van der Waals surface area (Å²) >= 11 is 0. The van der Waals surface area contributed by atoms with Gasteiger partial charge in [0.1, 0.15) is 11.5 Å². The van der Waals surface area contributed by atoms with E-state index in [4.69, 9.17) is 5.73 Å². The number of nitrogens with two attached hydrogens (primary N) is 1. The third-order valence-corrected chi connectivity index (χ3v) is 4.88. The highest BCUT2D eigenvalue weighted by Gasteiger charge is 2.29. The molecule has 1 amide bonds. The second-order valence-corrected chi connectivity index (χ2v) is 6.87. The van der Waals surface area contributed by atoms with Gasteiger partial charge in [0.05, 0.1) is 0 Å². The lowest BCUT2D eigenvalue weighted by Crippen LogP contribution is -2.46. The number of para-hydroxylation sites is 1. The molecule has 2 heterocycles. The van der Waals surface area contributed by atoms with Crippen molar-refractivity contribution in [2.45, 2.75) is 32.7 Å². The van der Waals surface area contributed by atoms with Crippen LogP contribution in [0.2, 0.25) is 0 Å². The van der Waals surface area contributed by atoms with Crippen molar-refractivity contribution in [3.8, 4) is 5.69 Å². The van der Waals surface area contributed by atoms with Crippen LogP contribution in [0.15, 0.2) is 35.1 Å². The van der Waals surface area contributed by atoms with E-state index in [1.807, 2.05) is 6.92 Å². The number of benzene rings is 1. The van der Waals surface area contributed by atoms with Gasteiger partial charge in [0.25, 0.3) is 5.91 Å². The molecule has 1 aliphatic heterocycles. The molecule has 0 aliphatic carbocycles.